The van der Waals surface area contributed by atoms with E-state index in [2.05, 4.69) is 0 Å². The minimum absolute atomic E-state index is 0. The van der Waals surface area contributed by atoms with E-state index in [1.165, 1.54) is 0 Å². The third-order valence-corrected chi connectivity index (χ3v) is 0. The molecule has 0 N–H and O–H groups in total. The van der Waals surface area contributed by atoms with E-state index in [4.69, 9.17) is 15.0 Å². The second-order valence-electron chi connectivity index (χ2n) is 0.250. The van der Waals surface area contributed by atoms with Gasteiger partial charge in [0.15, 0.2) is 0 Å². The molecule has 0 bridgehead atoms. The van der Waals surface area contributed by atoms with Gasteiger partial charge in [0.05, 0.1) is 0 Å². The van der Waals surface area contributed by atoms with Crippen molar-refractivity contribution in [3.05, 3.63) is 0 Å². The fourth-order valence-corrected chi connectivity index (χ4v) is 0. The molecule has 5 heteroatoms. The zero-order chi connectivity index (χ0) is 3.58. The summed E-state index contributed by atoms with van der Waals surface area (Å²) in [6.45, 7) is 0. The molecular weight excluding hydrogens is 191 g/mol. The van der Waals surface area contributed by atoms with Gasteiger partial charge in [-0.1, -0.05) is 0 Å². The number of hydrogen-bond acceptors (Lipinski definition) is 3. The van der Waals surface area contributed by atoms with Crippen molar-refractivity contribution in [1.82, 2.24) is 0 Å². The fraction of sp³-hybridized carbons (Fsp3) is 0. The van der Waals surface area contributed by atoms with Crippen molar-refractivity contribution < 1.29 is 54.0 Å². The predicted octanol–water partition coefficient (Wildman–Crippen LogP) is -2.45. The molecular formula is CO3Zn2-2. The summed E-state index contributed by atoms with van der Waals surface area (Å²) in [6, 6.07) is 0. The second-order valence-corrected chi connectivity index (χ2v) is 0.250. The van der Waals surface area contributed by atoms with Crippen molar-refractivity contribution in [2.45, 2.75) is 0 Å². The molecule has 3 nitrogen and oxygen atoms in total. The summed E-state index contributed by atoms with van der Waals surface area (Å²) in [6.07, 6.45) is -2.33. The Morgan fingerprint density at radius 1 is 1.17 bits per heavy atom. The monoisotopic (exact) mass is 188 g/mol. The predicted molar refractivity (Wildman–Crippen MR) is 5.40 cm³/mol. The van der Waals surface area contributed by atoms with Crippen LogP contribution in [0.5, 0.6) is 0 Å². The third-order valence-electron chi connectivity index (χ3n) is 0. The molecule has 0 aliphatic heterocycles. The maximum atomic E-state index is 8.33. The zero-order valence-electron chi connectivity index (χ0n) is 3.14. The topological polar surface area (TPSA) is 63.2 Å². The van der Waals surface area contributed by atoms with E-state index in [1.807, 2.05) is 0 Å². The first-order chi connectivity index (χ1) is 1.73. The average molecular weight is 191 g/mol. The molecule has 0 fully saturated rings. The molecule has 6 heavy (non-hydrogen) atoms. The van der Waals surface area contributed by atoms with Crippen LogP contribution in [0.3, 0.4) is 0 Å². The maximum Gasteiger partial charge on any atom is 0 e. The van der Waals surface area contributed by atoms with Crippen LogP contribution in [-0.4, -0.2) is 6.16 Å². The maximum absolute atomic E-state index is 8.33. The van der Waals surface area contributed by atoms with Crippen molar-refractivity contribution in [1.29, 1.82) is 0 Å². The van der Waals surface area contributed by atoms with Crippen LogP contribution < -0.4 is 10.2 Å². The molecule has 0 aromatic carbocycles. The largest absolute Gasteiger partial charge is 0.652 e. The van der Waals surface area contributed by atoms with Crippen molar-refractivity contribution in [3.8, 4) is 0 Å². The van der Waals surface area contributed by atoms with Gasteiger partial charge in [0.1, 0.15) is 0 Å². The van der Waals surface area contributed by atoms with Gasteiger partial charge in [-0.05, 0) is 6.16 Å². The molecule has 0 amide bonds. The molecule has 0 aliphatic rings. The van der Waals surface area contributed by atoms with E-state index in [1.54, 1.807) is 0 Å². The van der Waals surface area contributed by atoms with E-state index in [9.17, 15) is 0 Å². The number of carboxylic acid groups (broad SMARTS) is 2. The summed E-state index contributed by atoms with van der Waals surface area (Å²) in [5.41, 5.74) is 0. The SMILES string of the molecule is O=C([O-])[O-].[Zn].[Zn]. The fourth-order valence-electron chi connectivity index (χ4n) is 0. The number of carbonyl (C=O) groups excluding carboxylic acids is 1. The molecule has 0 atom stereocenters. The number of hydrogen-bond donors (Lipinski definition) is 0. The summed E-state index contributed by atoms with van der Waals surface area (Å²) >= 11 is 0. The van der Waals surface area contributed by atoms with Gasteiger partial charge in [0.25, 0.3) is 0 Å². The summed E-state index contributed by atoms with van der Waals surface area (Å²) in [5.74, 6) is 0. The molecule has 0 rings (SSSR count). The van der Waals surface area contributed by atoms with E-state index in [-0.39, 0.29) is 39.0 Å². The minimum Gasteiger partial charge on any atom is -0.652 e. The van der Waals surface area contributed by atoms with E-state index in [0.717, 1.165) is 0 Å². The molecule has 0 aromatic rings. The van der Waals surface area contributed by atoms with Gasteiger partial charge in [-0.25, -0.2) is 0 Å². The van der Waals surface area contributed by atoms with E-state index >= 15 is 0 Å². The van der Waals surface area contributed by atoms with Crippen molar-refractivity contribution >= 4 is 6.16 Å². The standard InChI is InChI=1S/CH2O3.2Zn/c2-1(3)4;;/h(H2,2,3,4);;/p-2. The van der Waals surface area contributed by atoms with Crippen LogP contribution in [0.4, 0.5) is 4.79 Å². The molecule has 0 radical (unpaired) electrons. The van der Waals surface area contributed by atoms with Crippen molar-refractivity contribution in [2.24, 2.45) is 0 Å². The van der Waals surface area contributed by atoms with Crippen LogP contribution >= 0.6 is 0 Å². The molecule has 0 aliphatic carbocycles. The van der Waals surface area contributed by atoms with Crippen molar-refractivity contribution in [3.63, 3.8) is 0 Å². The Bertz CT molecular complexity index is 31.8. The quantitative estimate of drug-likeness (QED) is 0.399. The van der Waals surface area contributed by atoms with Crippen LogP contribution in [0.25, 0.3) is 0 Å². The Morgan fingerprint density at radius 3 is 1.17 bits per heavy atom. The summed E-state index contributed by atoms with van der Waals surface area (Å²) in [4.78, 5) is 8.33. The Morgan fingerprint density at radius 2 is 1.17 bits per heavy atom. The number of rotatable bonds is 0. The smallest absolute Gasteiger partial charge is 0 e. The van der Waals surface area contributed by atoms with Crippen molar-refractivity contribution in [2.75, 3.05) is 0 Å². The second kappa shape index (κ2) is 9.10. The molecule has 0 saturated heterocycles. The summed E-state index contributed by atoms with van der Waals surface area (Å²) in [5, 5.41) is 16.7. The van der Waals surface area contributed by atoms with Gasteiger partial charge >= 0.3 is 0 Å². The van der Waals surface area contributed by atoms with Crippen LogP contribution in [0.15, 0.2) is 0 Å². The van der Waals surface area contributed by atoms with Crippen LogP contribution in [0.2, 0.25) is 0 Å². The first-order valence-corrected chi connectivity index (χ1v) is 0.612. The Labute approximate surface area is 60.3 Å². The van der Waals surface area contributed by atoms with Gasteiger partial charge in [-0.2, -0.15) is 0 Å². The molecule has 0 heterocycles. The molecule has 0 spiro atoms. The number of carbonyl (C=O) groups is 1. The van der Waals surface area contributed by atoms with Gasteiger partial charge in [0.2, 0.25) is 0 Å². The zero-order valence-corrected chi connectivity index (χ0v) is 9.07. The first kappa shape index (κ1) is 16.0. The Hall–Kier alpha value is 0.517. The van der Waals surface area contributed by atoms with Crippen LogP contribution in [-0.2, 0) is 39.0 Å². The minimum atomic E-state index is -2.33. The molecule has 28 valence electrons. The van der Waals surface area contributed by atoms with Crippen LogP contribution in [0.1, 0.15) is 0 Å². The van der Waals surface area contributed by atoms with Crippen LogP contribution in [0, 0.1) is 0 Å². The van der Waals surface area contributed by atoms with E-state index in [0.29, 0.717) is 0 Å². The summed E-state index contributed by atoms with van der Waals surface area (Å²) < 4.78 is 0. The van der Waals surface area contributed by atoms with Gasteiger partial charge in [0, 0.05) is 39.0 Å². The molecule has 0 saturated carbocycles. The van der Waals surface area contributed by atoms with Gasteiger partial charge < -0.3 is 15.0 Å². The molecule has 0 unspecified atom stereocenters. The first-order valence-electron chi connectivity index (χ1n) is 0.612. The van der Waals surface area contributed by atoms with Gasteiger partial charge in [-0.3, -0.25) is 0 Å². The normalized spacial score (nSPS) is 4.00. The Kier molecular flexibility index (Phi) is 24.3. The van der Waals surface area contributed by atoms with E-state index < -0.39 is 6.16 Å². The molecule has 0 aromatic heterocycles. The Balaban J connectivity index is -0.0000000450. The van der Waals surface area contributed by atoms with Gasteiger partial charge in [-0.15, -0.1) is 0 Å². The third kappa shape index (κ3) is 209. The average Bonchev–Trinajstić information content (AvgIpc) is 0.811. The summed E-state index contributed by atoms with van der Waals surface area (Å²) in [7, 11) is 0.